The topological polar surface area (TPSA) is 96.1 Å². The number of rotatable bonds is 6. The molecule has 0 unspecified atom stereocenters. The zero-order chi connectivity index (χ0) is 15.5. The van der Waals surface area contributed by atoms with Gasteiger partial charge in [0.25, 0.3) is 10.0 Å². The van der Waals surface area contributed by atoms with Crippen LogP contribution in [-0.2, 0) is 16.6 Å². The number of sulfonamides is 1. The maximum absolute atomic E-state index is 12.4. The van der Waals surface area contributed by atoms with Crippen LogP contribution in [0.15, 0.2) is 29.3 Å². The van der Waals surface area contributed by atoms with Crippen LogP contribution in [0, 0.1) is 6.92 Å². The summed E-state index contributed by atoms with van der Waals surface area (Å²) in [5, 5.41) is 9.54. The molecule has 1 aromatic heterocycles. The molecular weight excluding hydrogens is 292 g/mol. The second kappa shape index (κ2) is 6.15. The number of nitrogens with one attached hydrogen (secondary N) is 3. The highest BCUT2D eigenvalue weighted by Gasteiger charge is 2.23. The van der Waals surface area contributed by atoms with Crippen LogP contribution in [0.3, 0.4) is 0 Å². The Balaban J connectivity index is 2.29. The van der Waals surface area contributed by atoms with E-state index < -0.39 is 10.0 Å². The van der Waals surface area contributed by atoms with Crippen LogP contribution < -0.4 is 14.8 Å². The molecule has 0 radical (unpaired) electrons. The smallest absolute Gasteiger partial charge is 0.281 e. The maximum Gasteiger partial charge on any atom is 0.281 e. The quantitative estimate of drug-likeness (QED) is 0.746. The summed E-state index contributed by atoms with van der Waals surface area (Å²) in [6, 6.07) is 6.63. The number of ether oxygens (including phenoxy) is 1. The molecule has 3 N–H and O–H groups in total. The second-order valence-electron chi connectivity index (χ2n) is 4.50. The Labute approximate surface area is 123 Å². The van der Waals surface area contributed by atoms with E-state index in [1.54, 1.807) is 45.3 Å². The predicted octanol–water partition coefficient (Wildman–Crippen LogP) is 1.25. The van der Waals surface area contributed by atoms with Crippen molar-refractivity contribution >= 4 is 15.7 Å². The number of aryl methyl sites for hydroxylation is 1. The first-order valence-electron chi connectivity index (χ1n) is 6.33. The zero-order valence-electron chi connectivity index (χ0n) is 12.1. The van der Waals surface area contributed by atoms with Crippen LogP contribution in [-0.4, -0.2) is 32.8 Å². The first kappa shape index (κ1) is 15.3. The van der Waals surface area contributed by atoms with Crippen molar-refractivity contribution in [2.24, 2.45) is 0 Å². The minimum Gasteiger partial charge on any atom is -0.497 e. The highest BCUT2D eigenvalue weighted by molar-refractivity contribution is 7.92. The van der Waals surface area contributed by atoms with Gasteiger partial charge >= 0.3 is 0 Å². The number of H-pyrrole nitrogens is 1. The number of nitrogens with zero attached hydrogens (tertiary/aromatic N) is 1. The molecule has 0 fully saturated rings. The molecule has 0 saturated heterocycles. The maximum atomic E-state index is 12.4. The fourth-order valence-electron chi connectivity index (χ4n) is 1.90. The summed E-state index contributed by atoms with van der Waals surface area (Å²) in [5.41, 5.74) is 1.80. The standard InChI is InChI=1S/C13H18N4O3S/c1-9-12(8-14-2)13(16-15-9)21(18,19)17-10-4-6-11(20-3)7-5-10/h4-7,14,17H,8H2,1-3H3,(H,15,16). The molecule has 1 heterocycles. The van der Waals surface area contributed by atoms with Crippen molar-refractivity contribution in [3.63, 3.8) is 0 Å². The van der Waals surface area contributed by atoms with Gasteiger partial charge in [-0.3, -0.25) is 9.82 Å². The molecule has 0 saturated carbocycles. The van der Waals surface area contributed by atoms with E-state index in [0.717, 1.165) is 5.69 Å². The number of hydrogen-bond acceptors (Lipinski definition) is 5. The van der Waals surface area contributed by atoms with Gasteiger partial charge in [-0.1, -0.05) is 0 Å². The SMILES string of the molecule is CNCc1c(S(=O)(=O)Nc2ccc(OC)cc2)n[nH]c1C. The summed E-state index contributed by atoms with van der Waals surface area (Å²) in [4.78, 5) is 0. The number of methoxy groups -OCH3 is 1. The molecule has 0 aliphatic carbocycles. The molecule has 114 valence electrons. The van der Waals surface area contributed by atoms with Crippen LogP contribution in [0.25, 0.3) is 0 Å². The highest BCUT2D eigenvalue weighted by atomic mass is 32.2. The molecule has 8 heteroatoms. The van der Waals surface area contributed by atoms with Gasteiger partial charge in [0.1, 0.15) is 5.75 Å². The van der Waals surface area contributed by atoms with Crippen molar-refractivity contribution in [1.82, 2.24) is 15.5 Å². The largest absolute Gasteiger partial charge is 0.497 e. The van der Waals surface area contributed by atoms with Crippen LogP contribution >= 0.6 is 0 Å². The lowest BCUT2D eigenvalue weighted by atomic mass is 10.3. The van der Waals surface area contributed by atoms with Crippen LogP contribution in [0.2, 0.25) is 0 Å². The van der Waals surface area contributed by atoms with E-state index in [1.165, 1.54) is 0 Å². The fourth-order valence-corrected chi connectivity index (χ4v) is 3.16. The average Bonchev–Trinajstić information content (AvgIpc) is 2.82. The van der Waals surface area contributed by atoms with Gasteiger partial charge < -0.3 is 10.1 Å². The average molecular weight is 310 g/mol. The Bertz CT molecular complexity index is 708. The van der Waals surface area contributed by atoms with E-state index in [4.69, 9.17) is 4.74 Å². The lowest BCUT2D eigenvalue weighted by Gasteiger charge is -2.08. The molecule has 0 atom stereocenters. The van der Waals surface area contributed by atoms with E-state index in [9.17, 15) is 8.42 Å². The van der Waals surface area contributed by atoms with Crippen LogP contribution in [0.5, 0.6) is 5.75 Å². The van der Waals surface area contributed by atoms with Crippen molar-refractivity contribution in [1.29, 1.82) is 0 Å². The van der Waals surface area contributed by atoms with Crippen LogP contribution in [0.1, 0.15) is 11.3 Å². The van der Waals surface area contributed by atoms with Gasteiger partial charge in [-0.2, -0.15) is 13.5 Å². The Morgan fingerprint density at radius 1 is 1.29 bits per heavy atom. The second-order valence-corrected chi connectivity index (χ2v) is 6.09. The molecule has 0 aliphatic heterocycles. The van der Waals surface area contributed by atoms with Crippen molar-refractivity contribution in [3.8, 4) is 5.75 Å². The van der Waals surface area contributed by atoms with E-state index in [0.29, 0.717) is 23.5 Å². The molecular formula is C13H18N4O3S. The third kappa shape index (κ3) is 3.34. The van der Waals surface area contributed by atoms with Gasteiger partial charge in [0.2, 0.25) is 5.03 Å². The van der Waals surface area contributed by atoms with Gasteiger partial charge in [0.05, 0.1) is 7.11 Å². The summed E-state index contributed by atoms with van der Waals surface area (Å²) >= 11 is 0. The Hall–Kier alpha value is -2.06. The van der Waals surface area contributed by atoms with Gasteiger partial charge in [-0.15, -0.1) is 0 Å². The van der Waals surface area contributed by atoms with Crippen molar-refractivity contribution in [2.45, 2.75) is 18.5 Å². The summed E-state index contributed by atoms with van der Waals surface area (Å²) < 4.78 is 32.4. The molecule has 0 bridgehead atoms. The lowest BCUT2D eigenvalue weighted by Crippen LogP contribution is -2.17. The molecule has 1 aromatic carbocycles. The first-order valence-corrected chi connectivity index (χ1v) is 7.81. The number of benzene rings is 1. The molecule has 0 spiro atoms. The number of aromatic amines is 1. The van der Waals surface area contributed by atoms with Crippen molar-refractivity contribution in [3.05, 3.63) is 35.5 Å². The van der Waals surface area contributed by atoms with Gasteiger partial charge in [0, 0.05) is 23.5 Å². The Morgan fingerprint density at radius 3 is 2.52 bits per heavy atom. The minimum absolute atomic E-state index is 0.00479. The normalized spacial score (nSPS) is 11.4. The molecule has 21 heavy (non-hydrogen) atoms. The molecule has 0 aliphatic rings. The number of hydrogen-bond donors (Lipinski definition) is 3. The van der Waals surface area contributed by atoms with E-state index in [2.05, 4.69) is 20.2 Å². The van der Waals surface area contributed by atoms with Gasteiger partial charge in [-0.25, -0.2) is 0 Å². The molecule has 2 aromatic rings. The third-order valence-corrected chi connectivity index (χ3v) is 4.34. The number of anilines is 1. The third-order valence-electron chi connectivity index (χ3n) is 2.99. The fraction of sp³-hybridized carbons (Fsp3) is 0.308. The van der Waals surface area contributed by atoms with Crippen molar-refractivity contribution < 1.29 is 13.2 Å². The predicted molar refractivity (Wildman–Crippen MR) is 79.9 cm³/mol. The Kier molecular flexibility index (Phi) is 4.49. The summed E-state index contributed by atoms with van der Waals surface area (Å²) in [6.07, 6.45) is 0. The van der Waals surface area contributed by atoms with Gasteiger partial charge in [-0.05, 0) is 38.2 Å². The summed E-state index contributed by atoms with van der Waals surface area (Å²) in [7, 11) is -0.437. The van der Waals surface area contributed by atoms with Crippen LogP contribution in [0.4, 0.5) is 5.69 Å². The molecule has 0 amide bonds. The first-order chi connectivity index (χ1) is 9.97. The molecule has 2 rings (SSSR count). The van der Waals surface area contributed by atoms with Gasteiger partial charge in [0.15, 0.2) is 0 Å². The van der Waals surface area contributed by atoms with E-state index >= 15 is 0 Å². The summed E-state index contributed by atoms with van der Waals surface area (Å²) in [5.74, 6) is 0.657. The zero-order valence-corrected chi connectivity index (χ0v) is 12.9. The Morgan fingerprint density at radius 2 is 1.95 bits per heavy atom. The summed E-state index contributed by atoms with van der Waals surface area (Å²) in [6.45, 7) is 2.20. The van der Waals surface area contributed by atoms with Crippen molar-refractivity contribution in [2.75, 3.05) is 18.9 Å². The monoisotopic (exact) mass is 310 g/mol. The molecule has 7 nitrogen and oxygen atoms in total. The minimum atomic E-state index is -3.74. The lowest BCUT2D eigenvalue weighted by molar-refractivity contribution is 0.415. The van der Waals surface area contributed by atoms with E-state index in [1.807, 2.05) is 0 Å². The number of aromatic nitrogens is 2. The van der Waals surface area contributed by atoms with E-state index in [-0.39, 0.29) is 5.03 Å². The highest BCUT2D eigenvalue weighted by Crippen LogP contribution is 2.21.